The molecule has 0 radical (unpaired) electrons. The molecule has 2 aliphatic rings. The van der Waals surface area contributed by atoms with Crippen molar-refractivity contribution < 1.29 is 4.79 Å². The third kappa shape index (κ3) is 2.59. The fourth-order valence-electron chi connectivity index (χ4n) is 3.98. The van der Waals surface area contributed by atoms with Gasteiger partial charge in [0.15, 0.2) is 0 Å². The molecule has 1 aromatic heterocycles. The molecule has 0 amide bonds. The number of carbonyl (C=O) groups excluding carboxylic acids is 1. The summed E-state index contributed by atoms with van der Waals surface area (Å²) in [5.41, 5.74) is 0.524. The Morgan fingerprint density at radius 3 is 2.57 bits per heavy atom. The number of hydrogen-bond acceptors (Lipinski definition) is 3. The number of ketones is 1. The molecule has 0 unspecified atom stereocenters. The molecule has 1 aliphatic heterocycles. The quantitative estimate of drug-likeness (QED) is 0.758. The predicted molar refractivity (Wildman–Crippen MR) is 86.6 cm³/mol. The highest BCUT2D eigenvalue weighted by atomic mass is 79.9. The van der Waals surface area contributed by atoms with Crippen LogP contribution in [0.25, 0.3) is 0 Å². The molecule has 2 fully saturated rings. The van der Waals surface area contributed by atoms with Crippen LogP contribution in [0.3, 0.4) is 0 Å². The van der Waals surface area contributed by atoms with Gasteiger partial charge in [-0.25, -0.2) is 0 Å². The first-order valence-corrected chi connectivity index (χ1v) is 8.99. The van der Waals surface area contributed by atoms with Gasteiger partial charge < -0.3 is 0 Å². The Balaban J connectivity index is 1.96. The summed E-state index contributed by atoms with van der Waals surface area (Å²) >= 11 is 3.54. The molecule has 0 bridgehead atoms. The van der Waals surface area contributed by atoms with E-state index in [-0.39, 0.29) is 5.54 Å². The summed E-state index contributed by atoms with van der Waals surface area (Å²) in [6, 6.07) is 0. The number of carbonyl (C=O) groups is 1. The van der Waals surface area contributed by atoms with Crippen molar-refractivity contribution in [1.82, 2.24) is 14.7 Å². The molecule has 4 nitrogen and oxygen atoms in total. The maximum absolute atomic E-state index is 13.4. The van der Waals surface area contributed by atoms with Gasteiger partial charge in [-0.05, 0) is 61.1 Å². The molecule has 2 heterocycles. The molecule has 5 heteroatoms. The molecular weight excluding hydrogens is 330 g/mol. The lowest BCUT2D eigenvalue weighted by atomic mass is 9.88. The second-order valence-electron chi connectivity index (χ2n) is 6.33. The zero-order valence-corrected chi connectivity index (χ0v) is 14.4. The lowest BCUT2D eigenvalue weighted by Gasteiger charge is -2.37. The standard InChI is InChI=1S/C16H24BrN3O/c1-2-9-20-14(13(17)12-18-20)15(21)16(7-3-4-8-16)19-10-5-6-11-19/h12H,2-11H2,1H3. The monoisotopic (exact) mass is 353 g/mol. The Morgan fingerprint density at radius 1 is 1.29 bits per heavy atom. The molecule has 0 spiro atoms. The number of halogens is 1. The normalized spacial score (nSPS) is 22.0. The molecule has 1 saturated carbocycles. The highest BCUT2D eigenvalue weighted by Crippen LogP contribution is 2.41. The van der Waals surface area contributed by atoms with E-state index < -0.39 is 0 Å². The number of Topliss-reactive ketones (excluding diaryl/α,β-unsaturated/α-hetero) is 1. The molecule has 0 atom stereocenters. The second kappa shape index (κ2) is 6.21. The highest BCUT2D eigenvalue weighted by Gasteiger charge is 2.48. The van der Waals surface area contributed by atoms with Gasteiger partial charge in [0, 0.05) is 6.54 Å². The average molecular weight is 354 g/mol. The summed E-state index contributed by atoms with van der Waals surface area (Å²) in [5, 5.41) is 4.39. The number of likely N-dealkylation sites (tertiary alicyclic amines) is 1. The molecule has 3 rings (SSSR count). The first kappa shape index (κ1) is 15.2. The van der Waals surface area contributed by atoms with Gasteiger partial charge in [0.2, 0.25) is 5.78 Å². The Morgan fingerprint density at radius 2 is 1.95 bits per heavy atom. The Bertz CT molecular complexity index is 514. The van der Waals surface area contributed by atoms with Crippen LogP contribution in [0.4, 0.5) is 0 Å². The van der Waals surface area contributed by atoms with Crippen molar-refractivity contribution in [3.05, 3.63) is 16.4 Å². The minimum Gasteiger partial charge on any atom is -0.291 e. The maximum atomic E-state index is 13.4. The summed E-state index contributed by atoms with van der Waals surface area (Å²) < 4.78 is 2.74. The van der Waals surface area contributed by atoms with Crippen molar-refractivity contribution in [3.8, 4) is 0 Å². The van der Waals surface area contributed by atoms with Gasteiger partial charge in [0.05, 0.1) is 16.2 Å². The van der Waals surface area contributed by atoms with Gasteiger partial charge in [-0.3, -0.25) is 14.4 Å². The van der Waals surface area contributed by atoms with E-state index in [0.717, 1.165) is 49.1 Å². The second-order valence-corrected chi connectivity index (χ2v) is 7.18. The van der Waals surface area contributed by atoms with Gasteiger partial charge in [-0.1, -0.05) is 19.8 Å². The summed E-state index contributed by atoms with van der Waals surface area (Å²) in [6.45, 7) is 5.08. The van der Waals surface area contributed by atoms with Gasteiger partial charge in [0.1, 0.15) is 5.69 Å². The van der Waals surface area contributed by atoms with Crippen LogP contribution in [0.1, 0.15) is 62.4 Å². The van der Waals surface area contributed by atoms with Gasteiger partial charge >= 0.3 is 0 Å². The minimum absolute atomic E-state index is 0.259. The first-order chi connectivity index (χ1) is 10.2. The highest BCUT2D eigenvalue weighted by molar-refractivity contribution is 9.10. The van der Waals surface area contributed by atoms with Gasteiger partial charge in [-0.15, -0.1) is 0 Å². The Labute approximate surface area is 135 Å². The third-order valence-electron chi connectivity index (χ3n) is 5.01. The van der Waals surface area contributed by atoms with E-state index in [2.05, 4.69) is 32.9 Å². The number of nitrogens with zero attached hydrogens (tertiary/aromatic N) is 3. The van der Waals surface area contributed by atoms with E-state index in [0.29, 0.717) is 5.78 Å². The maximum Gasteiger partial charge on any atom is 0.202 e. The Hall–Kier alpha value is -0.680. The van der Waals surface area contributed by atoms with Gasteiger partial charge in [-0.2, -0.15) is 5.10 Å². The van der Waals surface area contributed by atoms with Crippen LogP contribution in [0, 0.1) is 0 Å². The topological polar surface area (TPSA) is 38.1 Å². The predicted octanol–water partition coefficient (Wildman–Crippen LogP) is 3.65. The van der Waals surface area contributed by atoms with E-state index >= 15 is 0 Å². The molecule has 1 aliphatic carbocycles. The molecule has 0 N–H and O–H groups in total. The summed E-state index contributed by atoms with van der Waals surface area (Å²) in [6.07, 6.45) is 9.57. The minimum atomic E-state index is -0.259. The van der Waals surface area contributed by atoms with Crippen LogP contribution < -0.4 is 0 Å². The fourth-order valence-corrected chi connectivity index (χ4v) is 4.46. The van der Waals surface area contributed by atoms with E-state index in [4.69, 9.17) is 0 Å². The average Bonchev–Trinajstić information content (AvgIpc) is 3.19. The third-order valence-corrected chi connectivity index (χ3v) is 5.59. The number of rotatable bonds is 5. The largest absolute Gasteiger partial charge is 0.291 e. The summed E-state index contributed by atoms with van der Waals surface area (Å²) in [5.74, 6) is 0.291. The molecular formula is C16H24BrN3O. The van der Waals surface area contributed by atoms with E-state index in [1.54, 1.807) is 6.20 Å². The van der Waals surface area contributed by atoms with Crippen molar-refractivity contribution in [1.29, 1.82) is 0 Å². The number of aromatic nitrogens is 2. The van der Waals surface area contributed by atoms with Crippen LogP contribution in [-0.2, 0) is 6.54 Å². The first-order valence-electron chi connectivity index (χ1n) is 8.20. The lowest BCUT2D eigenvalue weighted by Crippen LogP contribution is -2.52. The van der Waals surface area contributed by atoms with Crippen molar-refractivity contribution >= 4 is 21.7 Å². The smallest absolute Gasteiger partial charge is 0.202 e. The zero-order valence-electron chi connectivity index (χ0n) is 12.8. The fraction of sp³-hybridized carbons (Fsp3) is 0.750. The lowest BCUT2D eigenvalue weighted by molar-refractivity contribution is 0.0613. The molecule has 1 aromatic rings. The van der Waals surface area contributed by atoms with Crippen LogP contribution in [0.2, 0.25) is 0 Å². The number of aryl methyl sites for hydroxylation is 1. The van der Waals surface area contributed by atoms with Crippen LogP contribution in [0.15, 0.2) is 10.7 Å². The van der Waals surface area contributed by atoms with E-state index in [1.807, 2.05) is 4.68 Å². The van der Waals surface area contributed by atoms with E-state index in [9.17, 15) is 4.79 Å². The molecule has 116 valence electrons. The van der Waals surface area contributed by atoms with Crippen LogP contribution in [-0.4, -0.2) is 39.1 Å². The van der Waals surface area contributed by atoms with Crippen molar-refractivity contribution in [2.75, 3.05) is 13.1 Å². The van der Waals surface area contributed by atoms with Gasteiger partial charge in [0.25, 0.3) is 0 Å². The molecule has 0 aromatic carbocycles. The molecule has 21 heavy (non-hydrogen) atoms. The van der Waals surface area contributed by atoms with Crippen molar-refractivity contribution in [2.45, 2.75) is 64.0 Å². The van der Waals surface area contributed by atoms with Crippen molar-refractivity contribution in [3.63, 3.8) is 0 Å². The van der Waals surface area contributed by atoms with E-state index in [1.165, 1.54) is 25.7 Å². The molecule has 1 saturated heterocycles. The number of hydrogen-bond donors (Lipinski definition) is 0. The SMILES string of the molecule is CCCn1ncc(Br)c1C(=O)C1(N2CCCC2)CCCC1. The zero-order chi connectivity index (χ0) is 14.9. The van der Waals surface area contributed by atoms with Crippen LogP contribution >= 0.6 is 15.9 Å². The summed E-state index contributed by atoms with van der Waals surface area (Å²) in [4.78, 5) is 15.9. The van der Waals surface area contributed by atoms with Crippen molar-refractivity contribution in [2.24, 2.45) is 0 Å². The van der Waals surface area contributed by atoms with Crippen LogP contribution in [0.5, 0.6) is 0 Å². The Kier molecular flexibility index (Phi) is 4.50. The summed E-state index contributed by atoms with van der Waals surface area (Å²) in [7, 11) is 0.